The van der Waals surface area contributed by atoms with Gasteiger partial charge in [0.25, 0.3) is 0 Å². The van der Waals surface area contributed by atoms with E-state index in [9.17, 15) is 0 Å². The van der Waals surface area contributed by atoms with Crippen molar-refractivity contribution in [3.8, 4) is 0 Å². The molecule has 2 atom stereocenters. The number of nitrogens with one attached hydrogen (secondary N) is 2. The second-order valence-electron chi connectivity index (χ2n) is 5.47. The van der Waals surface area contributed by atoms with Gasteiger partial charge in [-0.3, -0.25) is 0 Å². The zero-order valence-corrected chi connectivity index (χ0v) is 11.6. The summed E-state index contributed by atoms with van der Waals surface area (Å²) in [6.45, 7) is 5.21. The second kappa shape index (κ2) is 6.18. The summed E-state index contributed by atoms with van der Waals surface area (Å²) in [5.74, 6) is 2.04. The number of anilines is 1. The zero-order chi connectivity index (χ0) is 13.0. The first-order valence-electron chi connectivity index (χ1n) is 6.94. The first-order valence-corrected chi connectivity index (χ1v) is 6.94. The minimum Gasteiger partial charge on any atom is -0.407 e. The normalized spacial score (nSPS) is 24.4. The highest BCUT2D eigenvalue weighted by Crippen LogP contribution is 2.31. The number of rotatable bonds is 5. The topological polar surface area (TPSA) is 63.0 Å². The van der Waals surface area contributed by atoms with Crippen LogP contribution in [0.2, 0.25) is 0 Å². The van der Waals surface area contributed by atoms with E-state index in [1.54, 1.807) is 0 Å². The largest absolute Gasteiger partial charge is 0.407 e. The molecule has 1 aromatic rings. The Morgan fingerprint density at radius 1 is 1.28 bits per heavy atom. The number of nitrogens with zero attached hydrogens (tertiary/aromatic N) is 2. The molecule has 0 radical (unpaired) electrons. The Bertz CT molecular complexity index is 364. The summed E-state index contributed by atoms with van der Waals surface area (Å²) in [6, 6.07) is 1.04. The van der Waals surface area contributed by atoms with Crippen LogP contribution in [0.3, 0.4) is 0 Å². The van der Waals surface area contributed by atoms with E-state index in [-0.39, 0.29) is 0 Å². The van der Waals surface area contributed by atoms with Crippen LogP contribution in [0.1, 0.15) is 45.4 Å². The van der Waals surface area contributed by atoms with Gasteiger partial charge in [0.1, 0.15) is 0 Å². The van der Waals surface area contributed by atoms with Crippen molar-refractivity contribution in [2.75, 3.05) is 12.4 Å². The SMILES string of the molecule is CNCc1nnc(NC2CCCCC2C(C)C)o1. The fourth-order valence-electron chi connectivity index (χ4n) is 2.83. The molecule has 2 N–H and O–H groups in total. The van der Waals surface area contributed by atoms with E-state index < -0.39 is 0 Å². The molecule has 1 aliphatic rings. The van der Waals surface area contributed by atoms with E-state index in [4.69, 9.17) is 4.42 Å². The minimum absolute atomic E-state index is 0.474. The van der Waals surface area contributed by atoms with Gasteiger partial charge in [0.15, 0.2) is 0 Å². The van der Waals surface area contributed by atoms with Crippen molar-refractivity contribution in [2.24, 2.45) is 11.8 Å². The third-order valence-electron chi connectivity index (χ3n) is 3.78. The summed E-state index contributed by atoms with van der Waals surface area (Å²) in [6.07, 6.45) is 5.13. The van der Waals surface area contributed by atoms with E-state index in [0.29, 0.717) is 36.3 Å². The molecule has 102 valence electrons. The number of hydrogen-bond donors (Lipinski definition) is 2. The summed E-state index contributed by atoms with van der Waals surface area (Å²) in [7, 11) is 1.87. The van der Waals surface area contributed by atoms with E-state index >= 15 is 0 Å². The van der Waals surface area contributed by atoms with Crippen LogP contribution in [0, 0.1) is 11.8 Å². The molecular weight excluding hydrogens is 228 g/mol. The predicted molar refractivity (Wildman–Crippen MR) is 71.3 cm³/mol. The first kappa shape index (κ1) is 13.3. The quantitative estimate of drug-likeness (QED) is 0.842. The van der Waals surface area contributed by atoms with Gasteiger partial charge in [-0.05, 0) is 31.7 Å². The van der Waals surface area contributed by atoms with Gasteiger partial charge in [0, 0.05) is 6.04 Å². The van der Waals surface area contributed by atoms with Crippen LogP contribution in [-0.2, 0) is 6.54 Å². The van der Waals surface area contributed by atoms with Gasteiger partial charge in [-0.25, -0.2) is 0 Å². The molecule has 1 aliphatic carbocycles. The molecule has 2 rings (SSSR count). The molecule has 0 bridgehead atoms. The summed E-state index contributed by atoms with van der Waals surface area (Å²) < 4.78 is 5.56. The molecule has 5 heteroatoms. The lowest BCUT2D eigenvalue weighted by Crippen LogP contribution is -2.35. The third-order valence-corrected chi connectivity index (χ3v) is 3.78. The molecule has 1 aromatic heterocycles. The molecule has 0 aromatic carbocycles. The predicted octanol–water partition coefficient (Wildman–Crippen LogP) is 2.42. The summed E-state index contributed by atoms with van der Waals surface area (Å²) in [5, 5.41) is 14.5. The van der Waals surface area contributed by atoms with E-state index in [2.05, 4.69) is 34.7 Å². The highest BCUT2D eigenvalue weighted by molar-refractivity contribution is 5.20. The Kier molecular flexibility index (Phi) is 4.58. The molecule has 0 spiro atoms. The Morgan fingerprint density at radius 3 is 2.78 bits per heavy atom. The van der Waals surface area contributed by atoms with Gasteiger partial charge in [-0.2, -0.15) is 0 Å². The van der Waals surface area contributed by atoms with Crippen molar-refractivity contribution < 1.29 is 4.42 Å². The molecule has 18 heavy (non-hydrogen) atoms. The second-order valence-corrected chi connectivity index (χ2v) is 5.47. The summed E-state index contributed by atoms with van der Waals surface area (Å²) in [4.78, 5) is 0. The average molecular weight is 252 g/mol. The van der Waals surface area contributed by atoms with Crippen LogP contribution in [-0.4, -0.2) is 23.3 Å². The zero-order valence-electron chi connectivity index (χ0n) is 11.6. The monoisotopic (exact) mass is 252 g/mol. The lowest BCUT2D eigenvalue weighted by Gasteiger charge is -2.34. The van der Waals surface area contributed by atoms with Crippen molar-refractivity contribution in [1.82, 2.24) is 15.5 Å². The summed E-state index contributed by atoms with van der Waals surface area (Å²) in [5.41, 5.74) is 0. The van der Waals surface area contributed by atoms with E-state index in [0.717, 1.165) is 0 Å². The van der Waals surface area contributed by atoms with E-state index in [1.165, 1.54) is 25.7 Å². The molecule has 5 nitrogen and oxygen atoms in total. The van der Waals surface area contributed by atoms with Crippen molar-refractivity contribution in [3.05, 3.63) is 5.89 Å². The van der Waals surface area contributed by atoms with Gasteiger partial charge in [-0.15, -0.1) is 5.10 Å². The maximum absolute atomic E-state index is 5.56. The minimum atomic E-state index is 0.474. The lowest BCUT2D eigenvalue weighted by atomic mass is 9.78. The standard InChI is InChI=1S/C13H24N4O/c1-9(2)10-6-4-5-7-11(10)15-13-17-16-12(18-13)8-14-3/h9-11,14H,4-8H2,1-3H3,(H,15,17). The van der Waals surface area contributed by atoms with Crippen LogP contribution in [0.5, 0.6) is 0 Å². The van der Waals surface area contributed by atoms with Crippen LogP contribution >= 0.6 is 0 Å². The van der Waals surface area contributed by atoms with Crippen LogP contribution in [0.15, 0.2) is 4.42 Å². The molecule has 2 unspecified atom stereocenters. The first-order chi connectivity index (χ1) is 8.70. The lowest BCUT2D eigenvalue weighted by molar-refractivity contribution is 0.250. The van der Waals surface area contributed by atoms with Crippen molar-refractivity contribution in [1.29, 1.82) is 0 Å². The Labute approximate surface area is 109 Å². The van der Waals surface area contributed by atoms with Crippen LogP contribution in [0.25, 0.3) is 0 Å². The highest BCUT2D eigenvalue weighted by Gasteiger charge is 2.28. The van der Waals surface area contributed by atoms with E-state index in [1.807, 2.05) is 7.05 Å². The molecule has 1 heterocycles. The molecule has 0 saturated heterocycles. The molecule has 1 fully saturated rings. The van der Waals surface area contributed by atoms with Crippen LogP contribution < -0.4 is 10.6 Å². The Balaban J connectivity index is 1.97. The average Bonchev–Trinajstić information content (AvgIpc) is 2.77. The van der Waals surface area contributed by atoms with Crippen LogP contribution in [0.4, 0.5) is 6.01 Å². The molecule has 1 saturated carbocycles. The Morgan fingerprint density at radius 2 is 2.06 bits per heavy atom. The van der Waals surface area contributed by atoms with Crippen molar-refractivity contribution >= 4 is 6.01 Å². The molecule has 0 aliphatic heterocycles. The van der Waals surface area contributed by atoms with Crippen molar-refractivity contribution in [3.63, 3.8) is 0 Å². The molecular formula is C13H24N4O. The van der Waals surface area contributed by atoms with Gasteiger partial charge in [0.2, 0.25) is 5.89 Å². The maximum Gasteiger partial charge on any atom is 0.315 e. The molecule has 0 amide bonds. The highest BCUT2D eigenvalue weighted by atomic mass is 16.4. The summed E-state index contributed by atoms with van der Waals surface area (Å²) >= 11 is 0. The number of aromatic nitrogens is 2. The van der Waals surface area contributed by atoms with Gasteiger partial charge in [0.05, 0.1) is 6.54 Å². The maximum atomic E-state index is 5.56. The Hall–Kier alpha value is -1.10. The van der Waals surface area contributed by atoms with Gasteiger partial charge >= 0.3 is 6.01 Å². The van der Waals surface area contributed by atoms with Gasteiger partial charge < -0.3 is 15.1 Å². The third kappa shape index (κ3) is 3.22. The smallest absolute Gasteiger partial charge is 0.315 e. The fourth-order valence-corrected chi connectivity index (χ4v) is 2.83. The number of hydrogen-bond acceptors (Lipinski definition) is 5. The fraction of sp³-hybridized carbons (Fsp3) is 0.846. The van der Waals surface area contributed by atoms with Crippen molar-refractivity contribution in [2.45, 2.75) is 52.1 Å². The van der Waals surface area contributed by atoms with Gasteiger partial charge in [-0.1, -0.05) is 31.8 Å².